The molecule has 0 aliphatic heterocycles. The number of hydrogen-bond donors (Lipinski definition) is 1. The molecular weight excluding hydrogens is 311 g/mol. The van der Waals surface area contributed by atoms with Crippen LogP contribution in [0.25, 0.3) is 0 Å². The fraction of sp³-hybridized carbons (Fsp3) is 0.357. The van der Waals surface area contributed by atoms with Crippen LogP contribution in [0.1, 0.15) is 28.2 Å². The third-order valence-electron chi connectivity index (χ3n) is 2.96. The van der Waals surface area contributed by atoms with Crippen molar-refractivity contribution in [3.8, 4) is 0 Å². The molecule has 0 aliphatic rings. The first-order valence-corrected chi connectivity index (χ1v) is 7.33. The van der Waals surface area contributed by atoms with Gasteiger partial charge in [0.1, 0.15) is 10.3 Å². The fourth-order valence-corrected chi connectivity index (χ4v) is 2.49. The molecule has 0 saturated carbocycles. The van der Waals surface area contributed by atoms with E-state index >= 15 is 0 Å². The van der Waals surface area contributed by atoms with Crippen LogP contribution in [0.4, 0.5) is 0 Å². The van der Waals surface area contributed by atoms with E-state index in [2.05, 4.69) is 15.4 Å². The lowest BCUT2D eigenvalue weighted by Gasteiger charge is -2.07. The maximum atomic E-state index is 12.0. The van der Waals surface area contributed by atoms with Crippen LogP contribution in [0.5, 0.6) is 0 Å². The number of pyridine rings is 1. The van der Waals surface area contributed by atoms with Gasteiger partial charge in [-0.25, -0.2) is 4.98 Å². The molecule has 21 heavy (non-hydrogen) atoms. The molecule has 0 unspecified atom stereocenters. The first-order valence-electron chi connectivity index (χ1n) is 6.58. The van der Waals surface area contributed by atoms with Crippen molar-refractivity contribution < 1.29 is 4.79 Å². The van der Waals surface area contributed by atoms with E-state index in [-0.39, 0.29) is 16.2 Å². The van der Waals surface area contributed by atoms with Crippen molar-refractivity contribution in [1.82, 2.24) is 20.1 Å². The summed E-state index contributed by atoms with van der Waals surface area (Å²) in [5.74, 6) is -0.213. The summed E-state index contributed by atoms with van der Waals surface area (Å²) in [6, 6.07) is 5.01. The number of carbonyl (C=O) groups is 1. The minimum Gasteiger partial charge on any atom is -0.352 e. The average molecular weight is 327 g/mol. The minimum atomic E-state index is -0.213. The topological polar surface area (TPSA) is 59.8 Å². The summed E-state index contributed by atoms with van der Waals surface area (Å²) in [6.45, 7) is 5.29. The van der Waals surface area contributed by atoms with E-state index < -0.39 is 0 Å². The van der Waals surface area contributed by atoms with Crippen LogP contribution >= 0.6 is 23.2 Å². The van der Waals surface area contributed by atoms with Crippen LogP contribution in [0.3, 0.4) is 0 Å². The summed E-state index contributed by atoms with van der Waals surface area (Å²) in [6.07, 6.45) is 0.792. The highest BCUT2D eigenvalue weighted by Gasteiger charge is 2.08. The van der Waals surface area contributed by atoms with E-state index in [0.29, 0.717) is 12.1 Å². The van der Waals surface area contributed by atoms with Crippen LogP contribution in [-0.2, 0) is 6.54 Å². The Labute approximate surface area is 133 Å². The summed E-state index contributed by atoms with van der Waals surface area (Å²) in [7, 11) is 0. The molecule has 2 aromatic rings. The Morgan fingerprint density at radius 2 is 1.90 bits per heavy atom. The van der Waals surface area contributed by atoms with E-state index in [1.54, 1.807) is 0 Å². The second kappa shape index (κ2) is 6.91. The maximum Gasteiger partial charge on any atom is 0.251 e. The molecule has 0 atom stereocenters. The molecule has 1 N–H and O–H groups in total. The standard InChI is InChI=1S/C14H16Cl2N4O/c1-9-6-10(2)20(19-9)5-3-4-17-14(21)11-7-12(15)18-13(16)8-11/h6-8H,3-5H2,1-2H3,(H,17,21). The monoisotopic (exact) mass is 326 g/mol. The highest BCUT2D eigenvalue weighted by Crippen LogP contribution is 2.14. The lowest BCUT2D eigenvalue weighted by atomic mass is 10.2. The van der Waals surface area contributed by atoms with Gasteiger partial charge in [0.15, 0.2) is 0 Å². The molecular formula is C14H16Cl2N4O. The third kappa shape index (κ3) is 4.44. The number of rotatable bonds is 5. The molecule has 2 rings (SSSR count). The number of hydrogen-bond acceptors (Lipinski definition) is 3. The first-order chi connectivity index (χ1) is 9.95. The van der Waals surface area contributed by atoms with Crippen molar-refractivity contribution in [2.45, 2.75) is 26.8 Å². The largest absolute Gasteiger partial charge is 0.352 e. The number of aryl methyl sites for hydroxylation is 3. The van der Waals surface area contributed by atoms with E-state index in [4.69, 9.17) is 23.2 Å². The summed E-state index contributed by atoms with van der Waals surface area (Å²) < 4.78 is 1.93. The summed E-state index contributed by atoms with van der Waals surface area (Å²) in [4.78, 5) is 15.8. The Bertz CT molecular complexity index is 634. The molecule has 7 heteroatoms. The van der Waals surface area contributed by atoms with E-state index in [1.807, 2.05) is 24.6 Å². The van der Waals surface area contributed by atoms with Crippen LogP contribution in [0.2, 0.25) is 10.3 Å². The van der Waals surface area contributed by atoms with Gasteiger partial charge in [-0.2, -0.15) is 5.10 Å². The zero-order valence-electron chi connectivity index (χ0n) is 11.9. The number of aromatic nitrogens is 3. The van der Waals surface area contributed by atoms with Gasteiger partial charge in [-0.1, -0.05) is 23.2 Å². The minimum absolute atomic E-state index is 0.204. The lowest BCUT2D eigenvalue weighted by Crippen LogP contribution is -2.25. The molecule has 0 spiro atoms. The normalized spacial score (nSPS) is 10.7. The van der Waals surface area contributed by atoms with Crippen molar-refractivity contribution in [2.75, 3.05) is 6.54 Å². The Hall–Kier alpha value is -1.59. The molecule has 1 amide bonds. The lowest BCUT2D eigenvalue weighted by molar-refractivity contribution is 0.0952. The SMILES string of the molecule is Cc1cc(C)n(CCCNC(=O)c2cc(Cl)nc(Cl)c2)n1. The van der Waals surface area contributed by atoms with Gasteiger partial charge in [0.25, 0.3) is 5.91 Å². The van der Waals surface area contributed by atoms with Crippen LogP contribution in [0.15, 0.2) is 18.2 Å². The van der Waals surface area contributed by atoms with Crippen molar-refractivity contribution in [2.24, 2.45) is 0 Å². The Morgan fingerprint density at radius 3 is 2.48 bits per heavy atom. The number of nitrogens with zero attached hydrogens (tertiary/aromatic N) is 3. The zero-order valence-corrected chi connectivity index (χ0v) is 13.4. The molecule has 0 bridgehead atoms. The zero-order chi connectivity index (χ0) is 15.4. The van der Waals surface area contributed by atoms with Gasteiger partial charge in [0.05, 0.1) is 5.69 Å². The molecule has 0 radical (unpaired) electrons. The van der Waals surface area contributed by atoms with Crippen molar-refractivity contribution in [3.63, 3.8) is 0 Å². The highest BCUT2D eigenvalue weighted by molar-refractivity contribution is 6.33. The smallest absolute Gasteiger partial charge is 0.251 e. The molecule has 0 saturated heterocycles. The quantitative estimate of drug-likeness (QED) is 0.678. The van der Waals surface area contributed by atoms with Crippen LogP contribution in [-0.4, -0.2) is 27.2 Å². The van der Waals surface area contributed by atoms with Gasteiger partial charge in [0.2, 0.25) is 0 Å². The van der Waals surface area contributed by atoms with E-state index in [1.165, 1.54) is 12.1 Å². The molecule has 5 nitrogen and oxygen atoms in total. The Balaban J connectivity index is 1.83. The predicted molar refractivity (Wildman–Crippen MR) is 82.9 cm³/mol. The first kappa shape index (κ1) is 15.8. The van der Waals surface area contributed by atoms with Crippen LogP contribution in [0, 0.1) is 13.8 Å². The predicted octanol–water partition coefficient (Wildman–Crippen LogP) is 3.02. The van der Waals surface area contributed by atoms with E-state index in [9.17, 15) is 4.79 Å². The Morgan fingerprint density at radius 1 is 1.24 bits per heavy atom. The van der Waals surface area contributed by atoms with E-state index in [0.717, 1.165) is 24.4 Å². The molecule has 0 aromatic carbocycles. The van der Waals surface area contributed by atoms with Crippen molar-refractivity contribution in [1.29, 1.82) is 0 Å². The van der Waals surface area contributed by atoms with Gasteiger partial charge >= 0.3 is 0 Å². The number of carbonyl (C=O) groups excluding carboxylic acids is 1. The van der Waals surface area contributed by atoms with Gasteiger partial charge in [-0.05, 0) is 38.5 Å². The number of halogens is 2. The fourth-order valence-electron chi connectivity index (χ4n) is 2.03. The molecule has 2 aromatic heterocycles. The molecule has 112 valence electrons. The Kier molecular flexibility index (Phi) is 5.20. The third-order valence-corrected chi connectivity index (χ3v) is 3.35. The molecule has 0 fully saturated rings. The van der Waals surface area contributed by atoms with Gasteiger partial charge in [-0.15, -0.1) is 0 Å². The average Bonchev–Trinajstić information content (AvgIpc) is 2.71. The summed E-state index contributed by atoms with van der Waals surface area (Å²) in [5.41, 5.74) is 2.52. The molecule has 0 aliphatic carbocycles. The number of amides is 1. The second-order valence-corrected chi connectivity index (χ2v) is 5.54. The highest BCUT2D eigenvalue weighted by atomic mass is 35.5. The summed E-state index contributed by atoms with van der Waals surface area (Å²) in [5, 5.41) is 7.60. The van der Waals surface area contributed by atoms with Gasteiger partial charge in [-0.3, -0.25) is 9.48 Å². The number of nitrogens with one attached hydrogen (secondary N) is 1. The van der Waals surface area contributed by atoms with Crippen LogP contribution < -0.4 is 5.32 Å². The van der Waals surface area contributed by atoms with Crippen molar-refractivity contribution in [3.05, 3.63) is 45.5 Å². The second-order valence-electron chi connectivity index (χ2n) is 4.76. The molecule has 2 heterocycles. The maximum absolute atomic E-state index is 12.0. The van der Waals surface area contributed by atoms with Gasteiger partial charge in [0, 0.05) is 24.3 Å². The van der Waals surface area contributed by atoms with Gasteiger partial charge < -0.3 is 5.32 Å². The summed E-state index contributed by atoms with van der Waals surface area (Å²) >= 11 is 11.5. The van der Waals surface area contributed by atoms with Crippen molar-refractivity contribution >= 4 is 29.1 Å².